The Morgan fingerprint density at radius 2 is 1.81 bits per heavy atom. The van der Waals surface area contributed by atoms with Crippen molar-refractivity contribution >= 4 is 17.2 Å². The number of Topliss-reactive ketones (excluding diaryl/α,β-unsaturated/α-hetero) is 1. The molecule has 0 aromatic heterocycles. The minimum Gasteiger partial charge on any atom is -0.497 e. The van der Waals surface area contributed by atoms with E-state index in [1.165, 1.54) is 18.5 Å². The molecule has 0 amide bonds. The number of aliphatic imine (C=N–C) groups is 1. The van der Waals surface area contributed by atoms with Gasteiger partial charge in [0, 0.05) is 29.9 Å². The minimum atomic E-state index is -0.309. The van der Waals surface area contributed by atoms with Gasteiger partial charge in [-0.3, -0.25) is 9.79 Å². The number of rotatable bonds is 5. The molecule has 27 heavy (non-hydrogen) atoms. The van der Waals surface area contributed by atoms with E-state index < -0.39 is 0 Å². The van der Waals surface area contributed by atoms with Crippen LogP contribution in [0.4, 0.5) is 5.69 Å². The van der Waals surface area contributed by atoms with Crippen molar-refractivity contribution in [2.24, 2.45) is 4.99 Å². The summed E-state index contributed by atoms with van der Waals surface area (Å²) >= 11 is 0. The SMILES string of the molecule is COc1ccc2c(c1)C(CC(=O)c1ccc(N3CCCC3)cc1)=NC2(C)C. The second-order valence-corrected chi connectivity index (χ2v) is 7.87. The third-order valence-electron chi connectivity index (χ3n) is 5.60. The van der Waals surface area contributed by atoms with E-state index >= 15 is 0 Å². The fourth-order valence-electron chi connectivity index (χ4n) is 4.10. The van der Waals surface area contributed by atoms with E-state index in [0.29, 0.717) is 6.42 Å². The molecular formula is C23H26N2O2. The lowest BCUT2D eigenvalue weighted by Gasteiger charge is -2.17. The summed E-state index contributed by atoms with van der Waals surface area (Å²) in [5.41, 5.74) is 4.67. The molecule has 0 N–H and O–H groups in total. The van der Waals surface area contributed by atoms with E-state index in [1.54, 1.807) is 7.11 Å². The Kier molecular flexibility index (Phi) is 4.50. The summed E-state index contributed by atoms with van der Waals surface area (Å²) in [6, 6.07) is 14.0. The first kappa shape index (κ1) is 17.8. The lowest BCUT2D eigenvalue weighted by atomic mass is 9.91. The fraction of sp³-hybridized carbons (Fsp3) is 0.391. The van der Waals surface area contributed by atoms with Crippen LogP contribution in [0.25, 0.3) is 0 Å². The average molecular weight is 362 g/mol. The molecule has 0 bridgehead atoms. The largest absolute Gasteiger partial charge is 0.497 e. The van der Waals surface area contributed by atoms with Crippen LogP contribution in [0, 0.1) is 0 Å². The van der Waals surface area contributed by atoms with Crippen molar-refractivity contribution in [1.29, 1.82) is 0 Å². The van der Waals surface area contributed by atoms with Gasteiger partial charge in [0.1, 0.15) is 5.75 Å². The molecule has 2 aromatic carbocycles. The van der Waals surface area contributed by atoms with E-state index in [2.05, 4.69) is 36.9 Å². The fourth-order valence-corrected chi connectivity index (χ4v) is 4.10. The molecule has 0 spiro atoms. The highest BCUT2D eigenvalue weighted by molar-refractivity contribution is 6.17. The molecule has 0 aliphatic carbocycles. The first-order valence-electron chi connectivity index (χ1n) is 9.64. The molecule has 1 saturated heterocycles. The maximum absolute atomic E-state index is 12.9. The zero-order valence-corrected chi connectivity index (χ0v) is 16.3. The molecule has 4 rings (SSSR count). The van der Waals surface area contributed by atoms with Crippen LogP contribution in [0.1, 0.15) is 54.6 Å². The maximum atomic E-state index is 12.9. The Morgan fingerprint density at radius 1 is 1.11 bits per heavy atom. The van der Waals surface area contributed by atoms with Crippen LogP contribution in [0.5, 0.6) is 5.75 Å². The number of ether oxygens (including phenoxy) is 1. The van der Waals surface area contributed by atoms with Crippen molar-refractivity contribution in [3.8, 4) is 5.75 Å². The van der Waals surface area contributed by atoms with Crippen LogP contribution in [0.2, 0.25) is 0 Å². The summed E-state index contributed by atoms with van der Waals surface area (Å²) in [4.78, 5) is 20.1. The standard InChI is InChI=1S/C23H26N2O2/c1-23(2)20-11-10-18(27-3)14-19(20)21(24-23)15-22(26)16-6-8-17(9-7-16)25-12-4-5-13-25/h6-11,14H,4-5,12-13,15H2,1-3H3. The second kappa shape index (κ2) is 6.84. The number of benzene rings is 2. The Hall–Kier alpha value is -2.62. The Morgan fingerprint density at radius 3 is 2.48 bits per heavy atom. The average Bonchev–Trinajstić information content (AvgIpc) is 3.29. The molecule has 4 heteroatoms. The number of hydrogen-bond donors (Lipinski definition) is 0. The molecule has 0 unspecified atom stereocenters. The van der Waals surface area contributed by atoms with Crippen molar-refractivity contribution < 1.29 is 9.53 Å². The summed E-state index contributed by atoms with van der Waals surface area (Å²) in [6.07, 6.45) is 2.81. The predicted octanol–water partition coefficient (Wildman–Crippen LogP) is 4.61. The van der Waals surface area contributed by atoms with Gasteiger partial charge in [0.25, 0.3) is 0 Å². The van der Waals surface area contributed by atoms with E-state index in [1.807, 2.05) is 24.3 Å². The highest BCUT2D eigenvalue weighted by Crippen LogP contribution is 2.37. The Balaban J connectivity index is 1.55. The molecule has 1 fully saturated rings. The lowest BCUT2D eigenvalue weighted by molar-refractivity contribution is 0.100. The summed E-state index contributed by atoms with van der Waals surface area (Å²) in [6.45, 7) is 6.39. The highest BCUT2D eigenvalue weighted by atomic mass is 16.5. The number of nitrogens with zero attached hydrogens (tertiary/aromatic N) is 2. The van der Waals surface area contributed by atoms with E-state index in [0.717, 1.165) is 41.2 Å². The molecule has 0 saturated carbocycles. The number of fused-ring (bicyclic) bond motifs is 1. The Bertz CT molecular complexity index is 891. The van der Waals surface area contributed by atoms with Crippen LogP contribution in [0.15, 0.2) is 47.5 Å². The summed E-state index contributed by atoms with van der Waals surface area (Å²) < 4.78 is 5.36. The van der Waals surface area contributed by atoms with Gasteiger partial charge in [0.15, 0.2) is 5.78 Å². The second-order valence-electron chi connectivity index (χ2n) is 7.87. The van der Waals surface area contributed by atoms with E-state index in [9.17, 15) is 4.79 Å². The van der Waals surface area contributed by atoms with Crippen LogP contribution in [0.3, 0.4) is 0 Å². The van der Waals surface area contributed by atoms with Gasteiger partial charge in [-0.15, -0.1) is 0 Å². The lowest BCUT2D eigenvalue weighted by Crippen LogP contribution is -2.17. The zero-order chi connectivity index (χ0) is 19.0. The van der Waals surface area contributed by atoms with Crippen LogP contribution in [-0.4, -0.2) is 31.7 Å². The van der Waals surface area contributed by atoms with Gasteiger partial charge in [-0.1, -0.05) is 6.07 Å². The van der Waals surface area contributed by atoms with Crippen LogP contribution >= 0.6 is 0 Å². The normalized spacial score (nSPS) is 17.6. The van der Waals surface area contributed by atoms with Crippen LogP contribution in [-0.2, 0) is 5.54 Å². The van der Waals surface area contributed by atoms with Gasteiger partial charge in [-0.2, -0.15) is 0 Å². The molecular weight excluding hydrogens is 336 g/mol. The monoisotopic (exact) mass is 362 g/mol. The van der Waals surface area contributed by atoms with Gasteiger partial charge >= 0.3 is 0 Å². The number of carbonyl (C=O) groups excluding carboxylic acids is 1. The number of anilines is 1. The molecule has 0 atom stereocenters. The summed E-state index contributed by atoms with van der Waals surface area (Å²) in [5, 5.41) is 0. The minimum absolute atomic E-state index is 0.105. The third kappa shape index (κ3) is 3.36. The number of carbonyl (C=O) groups is 1. The summed E-state index contributed by atoms with van der Waals surface area (Å²) in [5.74, 6) is 0.898. The highest BCUT2D eigenvalue weighted by Gasteiger charge is 2.32. The van der Waals surface area contributed by atoms with Gasteiger partial charge < -0.3 is 9.64 Å². The van der Waals surface area contributed by atoms with Crippen molar-refractivity contribution in [1.82, 2.24) is 0 Å². The molecule has 4 nitrogen and oxygen atoms in total. The first-order chi connectivity index (χ1) is 13.0. The van der Waals surface area contributed by atoms with Gasteiger partial charge in [-0.05, 0) is 68.7 Å². The number of hydrogen-bond acceptors (Lipinski definition) is 4. The van der Waals surface area contributed by atoms with Crippen LogP contribution < -0.4 is 9.64 Å². The van der Waals surface area contributed by atoms with Crippen molar-refractivity contribution in [3.05, 3.63) is 59.2 Å². The maximum Gasteiger partial charge on any atom is 0.168 e. The first-order valence-corrected chi connectivity index (χ1v) is 9.64. The van der Waals surface area contributed by atoms with Gasteiger partial charge in [0.05, 0.1) is 24.8 Å². The quantitative estimate of drug-likeness (QED) is 0.730. The number of ketones is 1. The molecule has 2 aliphatic rings. The molecule has 140 valence electrons. The third-order valence-corrected chi connectivity index (χ3v) is 5.60. The zero-order valence-electron chi connectivity index (χ0n) is 16.3. The summed E-state index contributed by atoms with van der Waals surface area (Å²) in [7, 11) is 1.66. The molecule has 0 radical (unpaired) electrons. The van der Waals surface area contributed by atoms with Crippen molar-refractivity contribution in [3.63, 3.8) is 0 Å². The van der Waals surface area contributed by atoms with Crippen molar-refractivity contribution in [2.75, 3.05) is 25.1 Å². The molecule has 2 aliphatic heterocycles. The predicted molar refractivity (Wildman–Crippen MR) is 109 cm³/mol. The topological polar surface area (TPSA) is 41.9 Å². The van der Waals surface area contributed by atoms with Gasteiger partial charge in [0.2, 0.25) is 0 Å². The van der Waals surface area contributed by atoms with Gasteiger partial charge in [-0.25, -0.2) is 0 Å². The van der Waals surface area contributed by atoms with E-state index in [-0.39, 0.29) is 11.3 Å². The van der Waals surface area contributed by atoms with E-state index in [4.69, 9.17) is 9.73 Å². The smallest absolute Gasteiger partial charge is 0.168 e. The van der Waals surface area contributed by atoms with Crippen molar-refractivity contribution in [2.45, 2.75) is 38.6 Å². The number of methoxy groups -OCH3 is 1. The Labute approximate surface area is 160 Å². The molecule has 2 heterocycles. The molecule has 2 aromatic rings.